The lowest BCUT2D eigenvalue weighted by molar-refractivity contribution is -0.234. The Bertz CT molecular complexity index is 341. The molecule has 0 spiro atoms. The molecule has 0 amide bonds. The van der Waals surface area contributed by atoms with Gasteiger partial charge in [-0.2, -0.15) is 0 Å². The summed E-state index contributed by atoms with van der Waals surface area (Å²) in [6.45, 7) is 4.49. The van der Waals surface area contributed by atoms with E-state index in [-0.39, 0.29) is 36.3 Å². The Morgan fingerprint density at radius 3 is 2.94 bits per heavy atom. The Morgan fingerprint density at radius 1 is 1.22 bits per heavy atom. The van der Waals surface area contributed by atoms with Gasteiger partial charge in [0.1, 0.15) is 6.10 Å². The lowest BCUT2D eigenvalue weighted by atomic mass is 9.88. The van der Waals surface area contributed by atoms with Crippen molar-refractivity contribution in [2.75, 3.05) is 6.61 Å². The maximum atomic E-state index is 11.9. The van der Waals surface area contributed by atoms with Crippen molar-refractivity contribution in [2.24, 2.45) is 0 Å². The average molecular weight is 252 g/mol. The molecule has 5 atom stereocenters. The Labute approximate surface area is 107 Å². The van der Waals surface area contributed by atoms with Gasteiger partial charge in [-0.1, -0.05) is 6.08 Å². The van der Waals surface area contributed by atoms with Crippen molar-refractivity contribution in [3.63, 3.8) is 0 Å². The van der Waals surface area contributed by atoms with E-state index in [4.69, 9.17) is 14.2 Å². The third-order valence-corrected chi connectivity index (χ3v) is 4.09. The zero-order valence-electron chi connectivity index (χ0n) is 10.5. The third kappa shape index (κ3) is 2.25. The highest BCUT2D eigenvalue weighted by Gasteiger charge is 2.45. The van der Waals surface area contributed by atoms with Crippen LogP contribution in [0.25, 0.3) is 0 Å². The molecule has 0 radical (unpaired) electrons. The van der Waals surface area contributed by atoms with Crippen molar-refractivity contribution >= 4 is 5.78 Å². The van der Waals surface area contributed by atoms with Crippen LogP contribution in [0.5, 0.6) is 0 Å². The largest absolute Gasteiger partial charge is 0.375 e. The van der Waals surface area contributed by atoms with Gasteiger partial charge in [-0.05, 0) is 19.3 Å². The van der Waals surface area contributed by atoms with Crippen molar-refractivity contribution in [2.45, 2.75) is 62.6 Å². The number of ether oxygens (including phenoxy) is 3. The first-order chi connectivity index (χ1) is 8.78. The lowest BCUT2D eigenvalue weighted by Gasteiger charge is -2.46. The number of Topliss-reactive ketones (excluding diaryl/α,β-unsaturated/α-hetero) is 1. The minimum absolute atomic E-state index is 0.00648. The first-order valence-corrected chi connectivity index (χ1v) is 6.84. The van der Waals surface area contributed by atoms with E-state index in [0.29, 0.717) is 12.8 Å². The van der Waals surface area contributed by atoms with Crippen LogP contribution in [0.2, 0.25) is 0 Å². The number of carbonyl (C=O) groups is 1. The van der Waals surface area contributed by atoms with E-state index in [9.17, 15) is 4.79 Å². The fraction of sp³-hybridized carbons (Fsp3) is 0.786. The van der Waals surface area contributed by atoms with Crippen molar-refractivity contribution in [3.8, 4) is 0 Å². The number of carbonyl (C=O) groups excluding carboxylic acids is 1. The van der Waals surface area contributed by atoms with Gasteiger partial charge in [-0.15, -0.1) is 6.58 Å². The van der Waals surface area contributed by atoms with Crippen LogP contribution < -0.4 is 0 Å². The fourth-order valence-electron chi connectivity index (χ4n) is 3.16. The highest BCUT2D eigenvalue weighted by Crippen LogP contribution is 2.35. The first-order valence-electron chi connectivity index (χ1n) is 6.84. The second kappa shape index (κ2) is 5.11. The molecule has 3 aliphatic heterocycles. The van der Waals surface area contributed by atoms with Gasteiger partial charge in [0.2, 0.25) is 0 Å². The summed E-state index contributed by atoms with van der Waals surface area (Å²) in [5, 5.41) is 0. The molecule has 100 valence electrons. The van der Waals surface area contributed by atoms with E-state index in [2.05, 4.69) is 6.58 Å². The molecule has 0 aliphatic carbocycles. The molecule has 3 saturated heterocycles. The van der Waals surface area contributed by atoms with E-state index in [1.165, 1.54) is 0 Å². The van der Waals surface area contributed by atoms with Crippen LogP contribution in [0.4, 0.5) is 0 Å². The van der Waals surface area contributed by atoms with Crippen LogP contribution in [0.1, 0.15) is 32.1 Å². The molecule has 0 bridgehead atoms. The van der Waals surface area contributed by atoms with Crippen molar-refractivity contribution in [1.29, 1.82) is 0 Å². The van der Waals surface area contributed by atoms with Gasteiger partial charge < -0.3 is 14.2 Å². The quantitative estimate of drug-likeness (QED) is 0.701. The summed E-state index contributed by atoms with van der Waals surface area (Å²) < 4.78 is 17.6. The highest BCUT2D eigenvalue weighted by atomic mass is 16.6. The molecule has 0 unspecified atom stereocenters. The van der Waals surface area contributed by atoms with Gasteiger partial charge in [0, 0.05) is 19.4 Å². The van der Waals surface area contributed by atoms with E-state index in [1.807, 2.05) is 0 Å². The van der Waals surface area contributed by atoms with Crippen LogP contribution in [0.15, 0.2) is 12.7 Å². The van der Waals surface area contributed by atoms with Gasteiger partial charge in [0.15, 0.2) is 5.78 Å². The van der Waals surface area contributed by atoms with E-state index in [1.54, 1.807) is 6.08 Å². The summed E-state index contributed by atoms with van der Waals surface area (Å²) in [5.41, 5.74) is 0. The molecule has 18 heavy (non-hydrogen) atoms. The SMILES string of the molecule is C=CC[C@@H]1O[C@@H]2C[C@@H]3OCCC[C@H]3O[C@H]2CC1=O. The first kappa shape index (κ1) is 12.3. The van der Waals surface area contributed by atoms with E-state index < -0.39 is 0 Å². The maximum Gasteiger partial charge on any atom is 0.164 e. The minimum Gasteiger partial charge on any atom is -0.375 e. The smallest absolute Gasteiger partial charge is 0.164 e. The highest BCUT2D eigenvalue weighted by molar-refractivity contribution is 5.84. The van der Waals surface area contributed by atoms with Crippen molar-refractivity contribution in [1.82, 2.24) is 0 Å². The molecule has 3 fully saturated rings. The molecule has 3 rings (SSSR count). The molecule has 0 aromatic heterocycles. The molecule has 0 aromatic carbocycles. The topological polar surface area (TPSA) is 44.8 Å². The van der Waals surface area contributed by atoms with Crippen molar-refractivity contribution < 1.29 is 19.0 Å². The van der Waals surface area contributed by atoms with Crippen LogP contribution >= 0.6 is 0 Å². The second-order valence-electron chi connectivity index (χ2n) is 5.36. The predicted octanol–water partition coefficient (Wildman–Crippen LogP) is 1.63. The van der Waals surface area contributed by atoms with Gasteiger partial charge in [0.25, 0.3) is 0 Å². The molecule has 4 heteroatoms. The molecular weight excluding hydrogens is 232 g/mol. The standard InChI is InChI=1S/C14H20O4/c1-2-4-10-9(15)7-13-14(17-10)8-12-11(18-13)5-3-6-16-12/h2,10-14H,1,3-8H2/t10-,11+,12-,13-,14+/m0/s1. The summed E-state index contributed by atoms with van der Waals surface area (Å²) in [4.78, 5) is 11.9. The molecule has 3 heterocycles. The maximum absolute atomic E-state index is 11.9. The number of ketones is 1. The Morgan fingerprint density at radius 2 is 2.11 bits per heavy atom. The molecule has 0 aromatic rings. The predicted molar refractivity (Wildman–Crippen MR) is 65.4 cm³/mol. The summed E-state index contributed by atoms with van der Waals surface area (Å²) >= 11 is 0. The van der Waals surface area contributed by atoms with Gasteiger partial charge in [0.05, 0.1) is 24.4 Å². The Balaban J connectivity index is 1.68. The number of hydrogen-bond donors (Lipinski definition) is 0. The summed E-state index contributed by atoms with van der Waals surface area (Å²) in [5.74, 6) is 0.145. The zero-order valence-corrected chi connectivity index (χ0v) is 10.5. The van der Waals surface area contributed by atoms with Gasteiger partial charge in [-0.3, -0.25) is 4.79 Å². The normalized spacial score (nSPS) is 44.0. The van der Waals surface area contributed by atoms with E-state index >= 15 is 0 Å². The summed E-state index contributed by atoms with van der Waals surface area (Å²) in [6.07, 6.45) is 5.68. The molecule has 0 saturated carbocycles. The lowest BCUT2D eigenvalue weighted by Crippen LogP contribution is -2.56. The van der Waals surface area contributed by atoms with Gasteiger partial charge in [-0.25, -0.2) is 0 Å². The average Bonchev–Trinajstić information content (AvgIpc) is 2.38. The second-order valence-corrected chi connectivity index (χ2v) is 5.36. The number of hydrogen-bond acceptors (Lipinski definition) is 4. The fourth-order valence-corrected chi connectivity index (χ4v) is 3.16. The van der Waals surface area contributed by atoms with E-state index in [0.717, 1.165) is 25.9 Å². The molecule has 4 nitrogen and oxygen atoms in total. The van der Waals surface area contributed by atoms with Crippen LogP contribution in [-0.4, -0.2) is 42.9 Å². The minimum atomic E-state index is -0.326. The number of fused-ring (bicyclic) bond motifs is 2. The zero-order chi connectivity index (χ0) is 12.5. The Kier molecular flexibility index (Phi) is 3.50. The summed E-state index contributed by atoms with van der Waals surface area (Å²) in [6, 6.07) is 0. The summed E-state index contributed by atoms with van der Waals surface area (Å²) in [7, 11) is 0. The van der Waals surface area contributed by atoms with Crippen LogP contribution in [0.3, 0.4) is 0 Å². The van der Waals surface area contributed by atoms with Crippen molar-refractivity contribution in [3.05, 3.63) is 12.7 Å². The van der Waals surface area contributed by atoms with Crippen LogP contribution in [-0.2, 0) is 19.0 Å². The number of rotatable bonds is 2. The molecule has 0 N–H and O–H groups in total. The molecular formula is C14H20O4. The monoisotopic (exact) mass is 252 g/mol. The molecule has 3 aliphatic rings. The van der Waals surface area contributed by atoms with Crippen LogP contribution in [0, 0.1) is 0 Å². The van der Waals surface area contributed by atoms with Gasteiger partial charge >= 0.3 is 0 Å². The third-order valence-electron chi connectivity index (χ3n) is 4.09. The Hall–Kier alpha value is -0.710.